The molecule has 0 radical (unpaired) electrons. The molecule has 1 aromatic carbocycles. The number of nitrogens with one attached hydrogen (secondary N) is 1. The molecule has 0 aliphatic rings. The number of rotatable bonds is 4. The molecule has 0 spiro atoms. The van der Waals surface area contributed by atoms with Crippen LogP contribution in [0.25, 0.3) is 0 Å². The molecule has 0 aliphatic carbocycles. The standard InChI is InChI=1S/C13H15FN4S/c1-3-11-16-12(18-15)8(2)13(17-11)19-10-6-4-5-9(14)7-10/h4-7H,3,15H2,1-2H3,(H,16,17,18). The number of benzene rings is 1. The van der Waals surface area contributed by atoms with E-state index in [0.717, 1.165) is 15.5 Å². The second kappa shape index (κ2) is 5.99. The van der Waals surface area contributed by atoms with Gasteiger partial charge in [-0.15, -0.1) is 0 Å². The third-order valence-corrected chi connectivity index (χ3v) is 3.69. The molecule has 0 aliphatic heterocycles. The van der Waals surface area contributed by atoms with Gasteiger partial charge in [-0.1, -0.05) is 24.8 Å². The molecule has 0 fully saturated rings. The zero-order valence-electron chi connectivity index (χ0n) is 10.8. The van der Waals surface area contributed by atoms with Gasteiger partial charge in [0, 0.05) is 16.9 Å². The zero-order valence-corrected chi connectivity index (χ0v) is 11.6. The molecule has 6 heteroatoms. The molecule has 0 bridgehead atoms. The van der Waals surface area contributed by atoms with E-state index < -0.39 is 0 Å². The average Bonchev–Trinajstić information content (AvgIpc) is 2.41. The van der Waals surface area contributed by atoms with Gasteiger partial charge in [0.25, 0.3) is 0 Å². The maximum Gasteiger partial charge on any atom is 0.147 e. The fourth-order valence-corrected chi connectivity index (χ4v) is 2.52. The first kappa shape index (κ1) is 13.8. The average molecular weight is 278 g/mol. The lowest BCUT2D eigenvalue weighted by molar-refractivity contribution is 0.624. The fraction of sp³-hybridized carbons (Fsp3) is 0.231. The predicted octanol–water partition coefficient (Wildman–Crippen LogP) is 2.92. The molecule has 0 amide bonds. The lowest BCUT2D eigenvalue weighted by atomic mass is 10.3. The SMILES string of the molecule is CCc1nc(NN)c(C)c(Sc2cccc(F)c2)n1. The number of nitrogen functional groups attached to an aromatic ring is 1. The van der Waals surface area contributed by atoms with Crippen LogP contribution in [0.1, 0.15) is 18.3 Å². The Labute approximate surface area is 115 Å². The molecule has 2 rings (SSSR count). The zero-order chi connectivity index (χ0) is 13.8. The van der Waals surface area contributed by atoms with Crippen molar-refractivity contribution in [1.29, 1.82) is 0 Å². The first-order chi connectivity index (χ1) is 9.13. The van der Waals surface area contributed by atoms with Crippen molar-refractivity contribution in [3.05, 3.63) is 41.5 Å². The summed E-state index contributed by atoms with van der Waals surface area (Å²) in [6, 6.07) is 6.42. The Bertz CT molecular complexity index is 589. The van der Waals surface area contributed by atoms with Gasteiger partial charge in [0.2, 0.25) is 0 Å². The summed E-state index contributed by atoms with van der Waals surface area (Å²) in [5.41, 5.74) is 3.42. The van der Waals surface area contributed by atoms with Gasteiger partial charge in [0.15, 0.2) is 0 Å². The Balaban J connectivity index is 2.38. The van der Waals surface area contributed by atoms with Crippen molar-refractivity contribution in [2.75, 3.05) is 5.43 Å². The molecule has 19 heavy (non-hydrogen) atoms. The highest BCUT2D eigenvalue weighted by atomic mass is 32.2. The van der Waals surface area contributed by atoms with Gasteiger partial charge in [-0.2, -0.15) is 0 Å². The molecule has 1 aromatic heterocycles. The fourth-order valence-electron chi connectivity index (χ4n) is 1.58. The molecule has 3 N–H and O–H groups in total. The summed E-state index contributed by atoms with van der Waals surface area (Å²) in [6.07, 6.45) is 0.714. The van der Waals surface area contributed by atoms with Gasteiger partial charge in [-0.05, 0) is 25.1 Å². The van der Waals surface area contributed by atoms with Crippen molar-refractivity contribution in [3.8, 4) is 0 Å². The van der Waals surface area contributed by atoms with Crippen LogP contribution in [0.5, 0.6) is 0 Å². The molecular weight excluding hydrogens is 263 g/mol. The Kier molecular flexibility index (Phi) is 4.34. The summed E-state index contributed by atoms with van der Waals surface area (Å²) >= 11 is 1.40. The molecule has 0 saturated heterocycles. The van der Waals surface area contributed by atoms with Crippen LogP contribution in [0, 0.1) is 12.7 Å². The predicted molar refractivity (Wildman–Crippen MR) is 74.5 cm³/mol. The summed E-state index contributed by atoms with van der Waals surface area (Å²) < 4.78 is 13.2. The van der Waals surface area contributed by atoms with Gasteiger partial charge < -0.3 is 5.43 Å². The van der Waals surface area contributed by atoms with Gasteiger partial charge in [-0.3, -0.25) is 0 Å². The molecule has 2 aromatic rings. The number of hydrogen-bond acceptors (Lipinski definition) is 5. The van der Waals surface area contributed by atoms with Crippen molar-refractivity contribution in [2.45, 2.75) is 30.2 Å². The van der Waals surface area contributed by atoms with Gasteiger partial charge in [0.1, 0.15) is 22.5 Å². The van der Waals surface area contributed by atoms with Crippen molar-refractivity contribution in [2.24, 2.45) is 5.84 Å². The van der Waals surface area contributed by atoms with E-state index in [-0.39, 0.29) is 5.82 Å². The van der Waals surface area contributed by atoms with Crippen LogP contribution in [0.15, 0.2) is 34.2 Å². The minimum absolute atomic E-state index is 0.260. The van der Waals surface area contributed by atoms with E-state index in [1.54, 1.807) is 6.07 Å². The largest absolute Gasteiger partial charge is 0.308 e. The van der Waals surface area contributed by atoms with Crippen molar-refractivity contribution in [1.82, 2.24) is 9.97 Å². The monoisotopic (exact) mass is 278 g/mol. The second-order valence-corrected chi connectivity index (χ2v) is 5.04. The molecule has 100 valence electrons. The van der Waals surface area contributed by atoms with Crippen molar-refractivity contribution in [3.63, 3.8) is 0 Å². The van der Waals surface area contributed by atoms with E-state index in [1.807, 2.05) is 19.9 Å². The number of nitrogens with zero attached hydrogens (tertiary/aromatic N) is 2. The first-order valence-corrected chi connectivity index (χ1v) is 6.73. The molecule has 0 unspecified atom stereocenters. The Morgan fingerprint density at radius 3 is 2.79 bits per heavy atom. The summed E-state index contributed by atoms with van der Waals surface area (Å²) in [7, 11) is 0. The van der Waals surface area contributed by atoms with Crippen LogP contribution in [0.4, 0.5) is 10.2 Å². The van der Waals surface area contributed by atoms with Crippen LogP contribution >= 0.6 is 11.8 Å². The number of nitrogens with two attached hydrogens (primary N) is 1. The maximum atomic E-state index is 13.2. The van der Waals surface area contributed by atoms with Crippen LogP contribution in [-0.4, -0.2) is 9.97 Å². The smallest absolute Gasteiger partial charge is 0.147 e. The van der Waals surface area contributed by atoms with Crippen LogP contribution in [0.2, 0.25) is 0 Å². The van der Waals surface area contributed by atoms with Crippen molar-refractivity contribution < 1.29 is 4.39 Å². The Morgan fingerprint density at radius 1 is 1.37 bits per heavy atom. The van der Waals surface area contributed by atoms with E-state index in [1.165, 1.54) is 23.9 Å². The third kappa shape index (κ3) is 3.21. The lowest BCUT2D eigenvalue weighted by Gasteiger charge is -2.11. The van der Waals surface area contributed by atoms with E-state index in [9.17, 15) is 4.39 Å². The molecule has 1 heterocycles. The molecule has 0 atom stereocenters. The number of hydrazine groups is 1. The Morgan fingerprint density at radius 2 is 2.16 bits per heavy atom. The minimum Gasteiger partial charge on any atom is -0.308 e. The molecule has 0 saturated carbocycles. The highest BCUT2D eigenvalue weighted by molar-refractivity contribution is 7.99. The Hall–Kier alpha value is -1.66. The quantitative estimate of drug-likeness (QED) is 0.511. The van der Waals surface area contributed by atoms with Crippen LogP contribution in [0.3, 0.4) is 0 Å². The van der Waals surface area contributed by atoms with Gasteiger partial charge in [-0.25, -0.2) is 20.2 Å². The number of aryl methyl sites for hydroxylation is 1. The van der Waals surface area contributed by atoms with E-state index >= 15 is 0 Å². The normalized spacial score (nSPS) is 10.5. The molecular formula is C13H15FN4S. The first-order valence-electron chi connectivity index (χ1n) is 5.91. The minimum atomic E-state index is -0.260. The van der Waals surface area contributed by atoms with E-state index in [0.29, 0.717) is 18.1 Å². The highest BCUT2D eigenvalue weighted by Gasteiger charge is 2.11. The second-order valence-electron chi connectivity index (χ2n) is 3.98. The van der Waals surface area contributed by atoms with E-state index in [4.69, 9.17) is 5.84 Å². The summed E-state index contributed by atoms with van der Waals surface area (Å²) in [5, 5.41) is 0.783. The van der Waals surface area contributed by atoms with Crippen LogP contribution in [-0.2, 0) is 6.42 Å². The third-order valence-electron chi connectivity index (χ3n) is 2.61. The summed E-state index contributed by atoms with van der Waals surface area (Å²) in [5.74, 6) is 6.50. The highest BCUT2D eigenvalue weighted by Crippen LogP contribution is 2.31. The number of halogens is 1. The summed E-state index contributed by atoms with van der Waals surface area (Å²) in [6.45, 7) is 3.86. The van der Waals surface area contributed by atoms with Crippen LogP contribution < -0.4 is 11.3 Å². The lowest BCUT2D eigenvalue weighted by Crippen LogP contribution is -2.13. The molecule has 4 nitrogen and oxygen atoms in total. The summed E-state index contributed by atoms with van der Waals surface area (Å²) in [4.78, 5) is 9.55. The number of hydrogen-bond donors (Lipinski definition) is 2. The number of anilines is 1. The van der Waals surface area contributed by atoms with Gasteiger partial charge in [0.05, 0.1) is 0 Å². The van der Waals surface area contributed by atoms with E-state index in [2.05, 4.69) is 15.4 Å². The maximum absolute atomic E-state index is 13.2. The van der Waals surface area contributed by atoms with Crippen molar-refractivity contribution >= 4 is 17.6 Å². The number of aromatic nitrogens is 2. The topological polar surface area (TPSA) is 63.8 Å². The van der Waals surface area contributed by atoms with Gasteiger partial charge >= 0.3 is 0 Å².